The Labute approximate surface area is 135 Å². The van der Waals surface area contributed by atoms with Crippen molar-refractivity contribution in [1.82, 2.24) is 4.90 Å². The molecule has 1 aliphatic rings. The van der Waals surface area contributed by atoms with Crippen LogP contribution in [0, 0.1) is 16.2 Å². The van der Waals surface area contributed by atoms with Gasteiger partial charge < -0.3 is 4.90 Å². The number of allylic oxidation sites excluding steroid dienone is 3. The summed E-state index contributed by atoms with van der Waals surface area (Å²) in [5.74, 6) is 0. The van der Waals surface area contributed by atoms with E-state index in [1.807, 2.05) is 6.92 Å². The summed E-state index contributed by atoms with van der Waals surface area (Å²) in [5, 5.41) is 11.4. The molecule has 0 amide bonds. The van der Waals surface area contributed by atoms with Crippen LogP contribution in [0.2, 0.25) is 0 Å². The predicted molar refractivity (Wildman–Crippen MR) is 90.9 cm³/mol. The summed E-state index contributed by atoms with van der Waals surface area (Å²) < 4.78 is 0. The van der Waals surface area contributed by atoms with Gasteiger partial charge in [0.1, 0.15) is 6.04 Å². The monoisotopic (exact) mass is 307 g/mol. The Balaban J connectivity index is 2.94. The maximum Gasteiger partial charge on any atom is 0.276 e. The van der Waals surface area contributed by atoms with E-state index in [9.17, 15) is 10.1 Å². The first-order valence-corrected chi connectivity index (χ1v) is 8.47. The first kappa shape index (κ1) is 18.7. The van der Waals surface area contributed by atoms with Gasteiger partial charge in [0, 0.05) is 11.2 Å². The molecular formula is C18H31N2O2. The Hall–Kier alpha value is -1.32. The van der Waals surface area contributed by atoms with Gasteiger partial charge in [-0.15, -0.1) is 0 Å². The molecular weight excluding hydrogens is 276 g/mol. The Bertz CT molecular complexity index is 458. The van der Waals surface area contributed by atoms with Crippen LogP contribution in [0.1, 0.15) is 80.1 Å². The van der Waals surface area contributed by atoms with Crippen molar-refractivity contribution in [3.63, 3.8) is 0 Å². The van der Waals surface area contributed by atoms with Crippen LogP contribution in [0.15, 0.2) is 17.0 Å². The van der Waals surface area contributed by atoms with E-state index in [0.29, 0.717) is 0 Å². The second-order valence-corrected chi connectivity index (χ2v) is 7.21. The summed E-state index contributed by atoms with van der Waals surface area (Å²) >= 11 is 0. The van der Waals surface area contributed by atoms with Gasteiger partial charge in [0.25, 0.3) is 5.70 Å². The first-order valence-electron chi connectivity index (χ1n) is 8.47. The van der Waals surface area contributed by atoms with E-state index in [0.717, 1.165) is 24.1 Å². The molecule has 4 heteroatoms. The zero-order chi connectivity index (χ0) is 16.9. The van der Waals surface area contributed by atoms with E-state index in [1.165, 1.54) is 25.7 Å². The molecule has 0 saturated carbocycles. The third kappa shape index (κ3) is 4.59. The molecule has 0 aliphatic carbocycles. The zero-order valence-corrected chi connectivity index (χ0v) is 15.0. The van der Waals surface area contributed by atoms with Crippen LogP contribution in [0.5, 0.6) is 0 Å². The highest BCUT2D eigenvalue weighted by Gasteiger charge is 2.38. The lowest BCUT2D eigenvalue weighted by Gasteiger charge is -2.44. The van der Waals surface area contributed by atoms with Crippen molar-refractivity contribution in [3.8, 4) is 0 Å². The van der Waals surface area contributed by atoms with Crippen LogP contribution in [0.25, 0.3) is 0 Å². The Morgan fingerprint density at radius 2 is 1.82 bits per heavy atom. The van der Waals surface area contributed by atoms with Gasteiger partial charge in [-0.2, -0.15) is 0 Å². The molecule has 125 valence electrons. The normalized spacial score (nSPS) is 19.5. The van der Waals surface area contributed by atoms with Crippen molar-refractivity contribution < 1.29 is 4.92 Å². The standard InChI is InChI=1S/C18H31N2O2/c1-7-8-9-10-11-12-16-13-17(20(21)22)15(3)19(14(16)2)18(4,5)6/h15H,7-12H2,1-6H3. The molecule has 1 heterocycles. The molecule has 1 unspecified atom stereocenters. The number of hydrogen-bond donors (Lipinski definition) is 0. The van der Waals surface area contributed by atoms with E-state index in [1.54, 1.807) is 0 Å². The fourth-order valence-electron chi connectivity index (χ4n) is 3.34. The van der Waals surface area contributed by atoms with Gasteiger partial charge in [0.15, 0.2) is 0 Å². The summed E-state index contributed by atoms with van der Waals surface area (Å²) in [5.41, 5.74) is 2.21. The number of hydrogen-bond acceptors (Lipinski definition) is 3. The quantitative estimate of drug-likeness (QED) is 0.374. The van der Waals surface area contributed by atoms with Crippen LogP contribution in [-0.4, -0.2) is 21.4 Å². The van der Waals surface area contributed by atoms with Gasteiger partial charge in [0.2, 0.25) is 0 Å². The lowest BCUT2D eigenvalue weighted by molar-refractivity contribution is -0.434. The van der Waals surface area contributed by atoms with Crippen molar-refractivity contribution in [2.75, 3.05) is 0 Å². The minimum Gasteiger partial charge on any atom is -0.357 e. The molecule has 4 nitrogen and oxygen atoms in total. The van der Waals surface area contributed by atoms with Crippen LogP contribution < -0.4 is 0 Å². The summed E-state index contributed by atoms with van der Waals surface area (Å²) in [6.45, 7) is 12.5. The lowest BCUT2D eigenvalue weighted by atomic mass is 9.92. The van der Waals surface area contributed by atoms with Gasteiger partial charge in [-0.1, -0.05) is 32.6 Å². The molecule has 0 bridgehead atoms. The SMILES string of the molecule is CCCCCCCC1=C(C)N(C(C)(C)C)C(C)C([N+](=O)[O-])=[C]1. The van der Waals surface area contributed by atoms with E-state index in [-0.39, 0.29) is 22.2 Å². The number of nitrogens with zero attached hydrogens (tertiary/aromatic N) is 2. The Morgan fingerprint density at radius 3 is 2.32 bits per heavy atom. The minimum absolute atomic E-state index is 0.139. The maximum absolute atomic E-state index is 11.4. The van der Waals surface area contributed by atoms with Crippen LogP contribution in [0.3, 0.4) is 0 Å². The van der Waals surface area contributed by atoms with Gasteiger partial charge >= 0.3 is 0 Å². The van der Waals surface area contributed by atoms with E-state index in [4.69, 9.17) is 0 Å². The highest BCUT2D eigenvalue weighted by molar-refractivity contribution is 5.29. The minimum atomic E-state index is -0.271. The Morgan fingerprint density at radius 1 is 1.23 bits per heavy atom. The van der Waals surface area contributed by atoms with E-state index in [2.05, 4.69) is 45.6 Å². The van der Waals surface area contributed by atoms with Crippen molar-refractivity contribution in [2.24, 2.45) is 0 Å². The average Bonchev–Trinajstić information content (AvgIpc) is 2.38. The molecule has 22 heavy (non-hydrogen) atoms. The summed E-state index contributed by atoms with van der Waals surface area (Å²) in [4.78, 5) is 13.3. The van der Waals surface area contributed by atoms with Crippen molar-refractivity contribution >= 4 is 0 Å². The lowest BCUT2D eigenvalue weighted by Crippen LogP contribution is -2.49. The number of rotatable bonds is 7. The van der Waals surface area contributed by atoms with E-state index >= 15 is 0 Å². The molecule has 1 rings (SSSR count). The average molecular weight is 307 g/mol. The second kappa shape index (κ2) is 7.80. The molecule has 0 aromatic carbocycles. The van der Waals surface area contributed by atoms with Crippen molar-refractivity contribution in [3.05, 3.63) is 33.2 Å². The molecule has 1 atom stereocenters. The molecule has 0 aromatic rings. The molecule has 0 aromatic heterocycles. The molecule has 1 radical (unpaired) electrons. The van der Waals surface area contributed by atoms with E-state index < -0.39 is 0 Å². The summed E-state index contributed by atoms with van der Waals surface area (Å²) in [6.07, 6.45) is 9.99. The Kier molecular flexibility index (Phi) is 6.64. The van der Waals surface area contributed by atoms with Crippen LogP contribution in [-0.2, 0) is 0 Å². The predicted octanol–water partition coefficient (Wildman–Crippen LogP) is 5.09. The number of nitro groups is 1. The molecule has 0 N–H and O–H groups in total. The highest BCUT2D eigenvalue weighted by atomic mass is 16.6. The molecule has 1 aliphatic heterocycles. The fourth-order valence-corrected chi connectivity index (χ4v) is 3.34. The van der Waals surface area contributed by atoms with Crippen LogP contribution >= 0.6 is 0 Å². The van der Waals surface area contributed by atoms with Gasteiger partial charge in [-0.05, 0) is 53.0 Å². The van der Waals surface area contributed by atoms with Gasteiger partial charge in [-0.3, -0.25) is 10.1 Å². The summed E-state index contributed by atoms with van der Waals surface area (Å²) in [6, 6.07) is -0.237. The number of unbranched alkanes of at least 4 members (excludes halogenated alkanes) is 4. The first-order chi connectivity index (χ1) is 10.2. The largest absolute Gasteiger partial charge is 0.357 e. The molecule has 0 saturated heterocycles. The molecule has 0 fully saturated rings. The third-order valence-corrected chi connectivity index (χ3v) is 4.31. The van der Waals surface area contributed by atoms with Gasteiger partial charge in [0.05, 0.1) is 11.0 Å². The topological polar surface area (TPSA) is 46.4 Å². The van der Waals surface area contributed by atoms with Crippen molar-refractivity contribution in [2.45, 2.75) is 91.6 Å². The van der Waals surface area contributed by atoms with Crippen molar-refractivity contribution in [1.29, 1.82) is 0 Å². The summed E-state index contributed by atoms with van der Waals surface area (Å²) in [7, 11) is 0. The van der Waals surface area contributed by atoms with Gasteiger partial charge in [-0.25, -0.2) is 0 Å². The third-order valence-electron chi connectivity index (χ3n) is 4.31. The smallest absolute Gasteiger partial charge is 0.276 e. The zero-order valence-electron chi connectivity index (χ0n) is 15.0. The second-order valence-electron chi connectivity index (χ2n) is 7.21. The molecule has 0 spiro atoms. The maximum atomic E-state index is 11.4. The highest BCUT2D eigenvalue weighted by Crippen LogP contribution is 2.34. The van der Waals surface area contributed by atoms with Crippen LogP contribution in [0.4, 0.5) is 0 Å². The fraction of sp³-hybridized carbons (Fsp3) is 0.778.